The fourth-order valence-electron chi connectivity index (χ4n) is 1.40. The van der Waals surface area contributed by atoms with E-state index in [0.29, 0.717) is 24.2 Å². The maximum atomic E-state index is 10.8. The van der Waals surface area contributed by atoms with Gasteiger partial charge in [0.25, 0.3) is 0 Å². The number of aliphatic carboxylic acids is 1. The van der Waals surface area contributed by atoms with Crippen LogP contribution in [0.2, 0.25) is 0 Å². The molecule has 5 heteroatoms. The van der Waals surface area contributed by atoms with Crippen molar-refractivity contribution in [3.8, 4) is 6.07 Å². The molecule has 4 nitrogen and oxygen atoms in total. The Morgan fingerprint density at radius 2 is 2.35 bits per heavy atom. The second kappa shape index (κ2) is 6.26. The summed E-state index contributed by atoms with van der Waals surface area (Å²) >= 11 is 3.28. The fourth-order valence-corrected chi connectivity index (χ4v) is 1.76. The van der Waals surface area contributed by atoms with E-state index in [4.69, 9.17) is 10.4 Å². The molecule has 1 atom stereocenters. The molecular weight excluding hydrogens is 284 g/mol. The number of halogens is 1. The summed E-state index contributed by atoms with van der Waals surface area (Å²) in [5.41, 5.74) is 1.16. The number of benzene rings is 1. The van der Waals surface area contributed by atoms with E-state index in [1.807, 2.05) is 13.0 Å². The number of anilines is 1. The Kier molecular flexibility index (Phi) is 4.98. The van der Waals surface area contributed by atoms with Crippen molar-refractivity contribution in [2.45, 2.75) is 13.3 Å². The molecule has 0 aliphatic rings. The molecule has 0 aliphatic heterocycles. The standard InChI is InChI=1S/C12H13BrN2O2/c1-2-8(12(16)17)7-15-11-4-3-10(13)5-9(11)6-14/h3-5,8,15H,2,7H2,1H3,(H,16,17). The minimum Gasteiger partial charge on any atom is -0.481 e. The minimum absolute atomic E-state index is 0.322. The highest BCUT2D eigenvalue weighted by Gasteiger charge is 2.15. The molecule has 1 aromatic carbocycles. The van der Waals surface area contributed by atoms with Gasteiger partial charge >= 0.3 is 5.97 Å². The van der Waals surface area contributed by atoms with Gasteiger partial charge in [-0.05, 0) is 24.6 Å². The molecular formula is C12H13BrN2O2. The molecule has 0 fully saturated rings. The van der Waals surface area contributed by atoms with Gasteiger partial charge in [0.1, 0.15) is 6.07 Å². The van der Waals surface area contributed by atoms with Crippen molar-refractivity contribution in [1.82, 2.24) is 0 Å². The Labute approximate surface area is 108 Å². The van der Waals surface area contributed by atoms with Gasteiger partial charge in [-0.3, -0.25) is 4.79 Å². The van der Waals surface area contributed by atoms with Gasteiger partial charge in [-0.2, -0.15) is 5.26 Å². The van der Waals surface area contributed by atoms with E-state index in [1.54, 1.807) is 12.1 Å². The first-order valence-electron chi connectivity index (χ1n) is 5.24. The summed E-state index contributed by atoms with van der Waals surface area (Å²) in [5, 5.41) is 20.9. The molecule has 2 N–H and O–H groups in total. The maximum Gasteiger partial charge on any atom is 0.308 e. The van der Waals surface area contributed by atoms with E-state index in [2.05, 4.69) is 27.3 Å². The van der Waals surface area contributed by atoms with Crippen molar-refractivity contribution in [3.63, 3.8) is 0 Å². The van der Waals surface area contributed by atoms with Gasteiger partial charge in [0, 0.05) is 11.0 Å². The highest BCUT2D eigenvalue weighted by atomic mass is 79.9. The van der Waals surface area contributed by atoms with Crippen molar-refractivity contribution in [1.29, 1.82) is 5.26 Å². The van der Waals surface area contributed by atoms with Crippen LogP contribution >= 0.6 is 15.9 Å². The second-order valence-corrected chi connectivity index (χ2v) is 4.54. The predicted octanol–water partition coefficient (Wildman–Crippen LogP) is 2.84. The number of rotatable bonds is 5. The largest absolute Gasteiger partial charge is 0.481 e. The molecule has 17 heavy (non-hydrogen) atoms. The Hall–Kier alpha value is -1.54. The van der Waals surface area contributed by atoms with Crippen LogP contribution in [0.4, 0.5) is 5.69 Å². The first-order valence-corrected chi connectivity index (χ1v) is 6.04. The van der Waals surface area contributed by atoms with Crippen LogP contribution in [-0.2, 0) is 4.79 Å². The van der Waals surface area contributed by atoms with Gasteiger partial charge in [-0.25, -0.2) is 0 Å². The average molecular weight is 297 g/mol. The zero-order valence-corrected chi connectivity index (χ0v) is 11.0. The van der Waals surface area contributed by atoms with Crippen LogP contribution in [0.5, 0.6) is 0 Å². The first-order chi connectivity index (χ1) is 8.08. The Morgan fingerprint density at radius 1 is 1.65 bits per heavy atom. The Balaban J connectivity index is 2.76. The van der Waals surface area contributed by atoms with Gasteiger partial charge in [-0.15, -0.1) is 0 Å². The van der Waals surface area contributed by atoms with Crippen LogP contribution in [0.25, 0.3) is 0 Å². The number of nitrogens with zero attached hydrogens (tertiary/aromatic N) is 1. The van der Waals surface area contributed by atoms with E-state index in [0.717, 1.165) is 4.47 Å². The fraction of sp³-hybridized carbons (Fsp3) is 0.333. The monoisotopic (exact) mass is 296 g/mol. The molecule has 0 aromatic heterocycles. The lowest BCUT2D eigenvalue weighted by molar-refractivity contribution is -0.141. The molecule has 0 spiro atoms. The summed E-state index contributed by atoms with van der Waals surface area (Å²) in [6.07, 6.45) is 0.556. The summed E-state index contributed by atoms with van der Waals surface area (Å²) in [7, 11) is 0. The van der Waals surface area contributed by atoms with Crippen LogP contribution in [0.1, 0.15) is 18.9 Å². The number of nitriles is 1. The van der Waals surface area contributed by atoms with Gasteiger partial charge < -0.3 is 10.4 Å². The summed E-state index contributed by atoms with van der Waals surface area (Å²) in [5.74, 6) is -1.26. The van der Waals surface area contributed by atoms with E-state index in [1.165, 1.54) is 0 Å². The zero-order chi connectivity index (χ0) is 12.8. The summed E-state index contributed by atoms with van der Waals surface area (Å²) < 4.78 is 0.824. The topological polar surface area (TPSA) is 73.1 Å². The molecule has 0 saturated heterocycles. The summed E-state index contributed by atoms with van der Waals surface area (Å²) in [6, 6.07) is 7.34. The predicted molar refractivity (Wildman–Crippen MR) is 68.8 cm³/mol. The van der Waals surface area contributed by atoms with E-state index >= 15 is 0 Å². The van der Waals surface area contributed by atoms with Crippen molar-refractivity contribution in [2.75, 3.05) is 11.9 Å². The van der Waals surface area contributed by atoms with Gasteiger partial charge in [0.15, 0.2) is 0 Å². The number of nitrogens with one attached hydrogen (secondary N) is 1. The number of hydrogen-bond acceptors (Lipinski definition) is 3. The van der Waals surface area contributed by atoms with Crippen LogP contribution in [-0.4, -0.2) is 17.6 Å². The van der Waals surface area contributed by atoms with E-state index < -0.39 is 11.9 Å². The number of hydrogen-bond donors (Lipinski definition) is 2. The molecule has 0 radical (unpaired) electrons. The third-order valence-electron chi connectivity index (χ3n) is 2.48. The average Bonchev–Trinajstić information content (AvgIpc) is 2.31. The third kappa shape index (κ3) is 3.75. The SMILES string of the molecule is CCC(CNc1ccc(Br)cc1C#N)C(=O)O. The second-order valence-electron chi connectivity index (χ2n) is 3.63. The molecule has 0 aliphatic carbocycles. The van der Waals surface area contributed by atoms with Gasteiger partial charge in [0.2, 0.25) is 0 Å². The van der Waals surface area contributed by atoms with Gasteiger partial charge in [0.05, 0.1) is 17.2 Å². The van der Waals surface area contributed by atoms with Crippen LogP contribution < -0.4 is 5.32 Å². The lowest BCUT2D eigenvalue weighted by atomic mass is 10.1. The molecule has 1 aromatic rings. The van der Waals surface area contributed by atoms with E-state index in [-0.39, 0.29) is 0 Å². The first kappa shape index (κ1) is 13.5. The lowest BCUT2D eigenvalue weighted by Gasteiger charge is -2.13. The van der Waals surface area contributed by atoms with Crippen molar-refractivity contribution < 1.29 is 9.90 Å². The number of carbonyl (C=O) groups is 1. The molecule has 0 saturated carbocycles. The van der Waals surface area contributed by atoms with Crippen LogP contribution in [0.3, 0.4) is 0 Å². The summed E-state index contributed by atoms with van der Waals surface area (Å²) in [4.78, 5) is 10.8. The highest BCUT2D eigenvalue weighted by molar-refractivity contribution is 9.10. The third-order valence-corrected chi connectivity index (χ3v) is 2.98. The molecule has 0 heterocycles. The zero-order valence-electron chi connectivity index (χ0n) is 9.40. The lowest BCUT2D eigenvalue weighted by Crippen LogP contribution is -2.22. The number of carboxylic acid groups (broad SMARTS) is 1. The van der Waals surface area contributed by atoms with Crippen molar-refractivity contribution in [2.24, 2.45) is 5.92 Å². The molecule has 0 amide bonds. The van der Waals surface area contributed by atoms with Crippen molar-refractivity contribution in [3.05, 3.63) is 28.2 Å². The smallest absolute Gasteiger partial charge is 0.308 e. The number of carboxylic acids is 1. The quantitative estimate of drug-likeness (QED) is 0.876. The van der Waals surface area contributed by atoms with E-state index in [9.17, 15) is 4.79 Å². The van der Waals surface area contributed by atoms with Gasteiger partial charge in [-0.1, -0.05) is 22.9 Å². The molecule has 0 bridgehead atoms. The Morgan fingerprint density at radius 3 is 2.88 bits per heavy atom. The Bertz CT molecular complexity index is 454. The van der Waals surface area contributed by atoms with Crippen LogP contribution in [0, 0.1) is 17.2 Å². The molecule has 90 valence electrons. The van der Waals surface area contributed by atoms with Crippen molar-refractivity contribution >= 4 is 27.6 Å². The normalized spacial score (nSPS) is 11.6. The molecule has 1 unspecified atom stereocenters. The highest BCUT2D eigenvalue weighted by Crippen LogP contribution is 2.20. The summed E-state index contributed by atoms with van der Waals surface area (Å²) in [6.45, 7) is 2.15. The molecule has 1 rings (SSSR count). The minimum atomic E-state index is -0.824. The maximum absolute atomic E-state index is 10.8. The van der Waals surface area contributed by atoms with Crippen LogP contribution in [0.15, 0.2) is 22.7 Å².